The Bertz CT molecular complexity index is 629. The van der Waals surface area contributed by atoms with E-state index in [4.69, 9.17) is 0 Å². The fraction of sp³-hybridized carbons (Fsp3) is 0.278. The number of carbonyl (C=O) groups is 2. The summed E-state index contributed by atoms with van der Waals surface area (Å²) in [7, 11) is 1.78. The molecule has 5 nitrogen and oxygen atoms in total. The van der Waals surface area contributed by atoms with Crippen LogP contribution in [0.4, 0.5) is 0 Å². The third-order valence-corrected chi connectivity index (χ3v) is 3.46. The average molecular weight is 311 g/mol. The zero-order chi connectivity index (χ0) is 16.5. The molecule has 0 saturated carbocycles. The molecule has 0 aliphatic rings. The second kappa shape index (κ2) is 8.68. The molecule has 2 aromatic rings. The van der Waals surface area contributed by atoms with Gasteiger partial charge in [0.1, 0.15) is 0 Å². The van der Waals surface area contributed by atoms with Crippen LogP contribution in [0.25, 0.3) is 0 Å². The smallest absolute Gasteiger partial charge is 0.251 e. The number of pyridine rings is 1. The lowest BCUT2D eigenvalue weighted by Gasteiger charge is -2.17. The zero-order valence-corrected chi connectivity index (χ0v) is 13.2. The van der Waals surface area contributed by atoms with Crippen LogP contribution < -0.4 is 5.32 Å². The molecule has 0 saturated heterocycles. The summed E-state index contributed by atoms with van der Waals surface area (Å²) in [4.78, 5) is 29.6. The van der Waals surface area contributed by atoms with Crippen molar-refractivity contribution in [3.8, 4) is 0 Å². The number of rotatable bonds is 7. The van der Waals surface area contributed by atoms with Crippen molar-refractivity contribution in [2.75, 3.05) is 13.6 Å². The molecule has 1 aromatic heterocycles. The first-order chi connectivity index (χ1) is 11.2. The Balaban J connectivity index is 1.67. The van der Waals surface area contributed by atoms with Crippen molar-refractivity contribution in [2.45, 2.75) is 19.4 Å². The summed E-state index contributed by atoms with van der Waals surface area (Å²) >= 11 is 0. The van der Waals surface area contributed by atoms with Gasteiger partial charge in [0.05, 0.1) is 0 Å². The summed E-state index contributed by atoms with van der Waals surface area (Å²) in [6.45, 7) is 1.03. The largest absolute Gasteiger partial charge is 0.352 e. The molecule has 23 heavy (non-hydrogen) atoms. The fourth-order valence-electron chi connectivity index (χ4n) is 2.18. The van der Waals surface area contributed by atoms with Gasteiger partial charge < -0.3 is 10.2 Å². The first kappa shape index (κ1) is 16.7. The summed E-state index contributed by atoms with van der Waals surface area (Å²) in [5.41, 5.74) is 1.63. The van der Waals surface area contributed by atoms with Crippen molar-refractivity contribution < 1.29 is 9.59 Å². The van der Waals surface area contributed by atoms with Crippen LogP contribution in [-0.2, 0) is 11.3 Å². The van der Waals surface area contributed by atoms with E-state index in [1.54, 1.807) is 36.5 Å². The number of benzene rings is 1. The summed E-state index contributed by atoms with van der Waals surface area (Å²) < 4.78 is 0. The molecule has 0 bridgehead atoms. The van der Waals surface area contributed by atoms with E-state index in [1.807, 2.05) is 30.3 Å². The lowest BCUT2D eigenvalue weighted by atomic mass is 10.2. The van der Waals surface area contributed by atoms with Crippen molar-refractivity contribution in [1.29, 1.82) is 0 Å². The van der Waals surface area contributed by atoms with Crippen molar-refractivity contribution in [1.82, 2.24) is 15.2 Å². The van der Waals surface area contributed by atoms with Gasteiger partial charge in [0.25, 0.3) is 5.91 Å². The van der Waals surface area contributed by atoms with Gasteiger partial charge in [-0.3, -0.25) is 14.6 Å². The van der Waals surface area contributed by atoms with Crippen molar-refractivity contribution in [2.24, 2.45) is 0 Å². The predicted octanol–water partition coefficient (Wildman–Crippen LogP) is 2.25. The van der Waals surface area contributed by atoms with Crippen LogP contribution in [0.15, 0.2) is 54.9 Å². The van der Waals surface area contributed by atoms with Gasteiger partial charge in [-0.2, -0.15) is 0 Å². The standard InChI is InChI=1S/C18H21N3O2/c1-21(14-15-7-5-11-19-13-15)17(22)10-6-12-20-18(23)16-8-3-2-4-9-16/h2-5,7-9,11,13H,6,10,12,14H2,1H3,(H,20,23). The third-order valence-electron chi connectivity index (χ3n) is 3.46. The number of aromatic nitrogens is 1. The Hall–Kier alpha value is -2.69. The van der Waals surface area contributed by atoms with Crippen LogP contribution in [0, 0.1) is 0 Å². The lowest BCUT2D eigenvalue weighted by molar-refractivity contribution is -0.130. The Labute approximate surface area is 136 Å². The molecule has 0 aliphatic heterocycles. The van der Waals surface area contributed by atoms with Crippen molar-refractivity contribution in [3.05, 3.63) is 66.0 Å². The predicted molar refractivity (Wildman–Crippen MR) is 88.7 cm³/mol. The molecule has 1 aromatic carbocycles. The van der Waals surface area contributed by atoms with E-state index >= 15 is 0 Å². The molecule has 120 valence electrons. The molecule has 2 amide bonds. The van der Waals surface area contributed by atoms with Crippen LogP contribution in [0.2, 0.25) is 0 Å². The molecule has 0 spiro atoms. The molecule has 1 N–H and O–H groups in total. The van der Waals surface area contributed by atoms with Gasteiger partial charge >= 0.3 is 0 Å². The molecule has 5 heteroatoms. The quantitative estimate of drug-likeness (QED) is 0.798. The molecular weight excluding hydrogens is 290 g/mol. The number of nitrogens with one attached hydrogen (secondary N) is 1. The van der Waals surface area contributed by atoms with Crippen LogP contribution in [0.5, 0.6) is 0 Å². The van der Waals surface area contributed by atoms with Gasteiger partial charge in [-0.25, -0.2) is 0 Å². The molecule has 0 aliphatic carbocycles. The molecular formula is C18H21N3O2. The minimum absolute atomic E-state index is 0.0582. The number of carbonyl (C=O) groups excluding carboxylic acids is 2. The second-order valence-electron chi connectivity index (χ2n) is 5.34. The first-order valence-electron chi connectivity index (χ1n) is 7.63. The van der Waals surface area contributed by atoms with E-state index in [9.17, 15) is 9.59 Å². The van der Waals surface area contributed by atoms with Crippen LogP contribution in [-0.4, -0.2) is 35.3 Å². The van der Waals surface area contributed by atoms with E-state index in [0.717, 1.165) is 5.56 Å². The summed E-state index contributed by atoms with van der Waals surface area (Å²) in [6.07, 6.45) is 4.49. The maximum absolute atomic E-state index is 12.1. The molecule has 0 fully saturated rings. The van der Waals surface area contributed by atoms with E-state index in [2.05, 4.69) is 10.3 Å². The maximum atomic E-state index is 12.1. The Kier molecular flexibility index (Phi) is 6.29. The van der Waals surface area contributed by atoms with Gasteiger partial charge in [-0.1, -0.05) is 24.3 Å². The highest BCUT2D eigenvalue weighted by Gasteiger charge is 2.09. The van der Waals surface area contributed by atoms with Crippen molar-refractivity contribution in [3.63, 3.8) is 0 Å². The number of hydrogen-bond acceptors (Lipinski definition) is 3. The fourth-order valence-corrected chi connectivity index (χ4v) is 2.18. The van der Waals surface area contributed by atoms with E-state index in [1.165, 1.54) is 0 Å². The topological polar surface area (TPSA) is 62.3 Å². The Morgan fingerprint density at radius 2 is 1.91 bits per heavy atom. The molecule has 0 unspecified atom stereocenters. The Morgan fingerprint density at radius 1 is 1.13 bits per heavy atom. The van der Waals surface area contributed by atoms with Crippen LogP contribution in [0.3, 0.4) is 0 Å². The van der Waals surface area contributed by atoms with Crippen molar-refractivity contribution >= 4 is 11.8 Å². The molecule has 2 rings (SSSR count). The minimum atomic E-state index is -0.109. The highest BCUT2D eigenvalue weighted by atomic mass is 16.2. The van der Waals surface area contributed by atoms with Crippen LogP contribution in [0.1, 0.15) is 28.8 Å². The van der Waals surface area contributed by atoms with E-state index < -0.39 is 0 Å². The highest BCUT2D eigenvalue weighted by molar-refractivity contribution is 5.94. The monoisotopic (exact) mass is 311 g/mol. The summed E-state index contributed by atoms with van der Waals surface area (Å²) in [6, 6.07) is 12.8. The van der Waals surface area contributed by atoms with E-state index in [0.29, 0.717) is 31.5 Å². The van der Waals surface area contributed by atoms with Gasteiger partial charge in [-0.05, 0) is 30.2 Å². The molecule has 0 radical (unpaired) electrons. The number of nitrogens with zero attached hydrogens (tertiary/aromatic N) is 2. The SMILES string of the molecule is CN(Cc1cccnc1)C(=O)CCCNC(=O)c1ccccc1. The van der Waals surface area contributed by atoms with Gasteiger partial charge in [-0.15, -0.1) is 0 Å². The minimum Gasteiger partial charge on any atom is -0.352 e. The Morgan fingerprint density at radius 3 is 2.61 bits per heavy atom. The molecule has 0 atom stereocenters. The first-order valence-corrected chi connectivity index (χ1v) is 7.63. The van der Waals surface area contributed by atoms with E-state index in [-0.39, 0.29) is 11.8 Å². The lowest BCUT2D eigenvalue weighted by Crippen LogP contribution is -2.28. The zero-order valence-electron chi connectivity index (χ0n) is 13.2. The normalized spacial score (nSPS) is 10.1. The van der Waals surface area contributed by atoms with Gasteiger partial charge in [0.15, 0.2) is 0 Å². The van der Waals surface area contributed by atoms with Gasteiger partial charge in [0.2, 0.25) is 5.91 Å². The van der Waals surface area contributed by atoms with Crippen LogP contribution >= 0.6 is 0 Å². The second-order valence-corrected chi connectivity index (χ2v) is 5.34. The summed E-state index contributed by atoms with van der Waals surface area (Å²) in [5.74, 6) is -0.0513. The van der Waals surface area contributed by atoms with Gasteiger partial charge in [0, 0.05) is 44.5 Å². The summed E-state index contributed by atoms with van der Waals surface area (Å²) in [5, 5.41) is 2.82. The molecule has 1 heterocycles. The highest BCUT2D eigenvalue weighted by Crippen LogP contribution is 2.04. The third kappa shape index (κ3) is 5.54. The maximum Gasteiger partial charge on any atom is 0.251 e. The number of hydrogen-bond donors (Lipinski definition) is 1. The average Bonchev–Trinajstić information content (AvgIpc) is 2.60. The number of amides is 2.